The van der Waals surface area contributed by atoms with E-state index in [9.17, 15) is 4.79 Å². The summed E-state index contributed by atoms with van der Waals surface area (Å²) in [6.45, 7) is 0. The quantitative estimate of drug-likeness (QED) is 0.364. The third-order valence-corrected chi connectivity index (χ3v) is 3.00. The summed E-state index contributed by atoms with van der Waals surface area (Å²) < 4.78 is 4.54. The Morgan fingerprint density at radius 2 is 2.13 bits per heavy atom. The van der Waals surface area contributed by atoms with E-state index in [0.717, 1.165) is 0 Å². The molecule has 7 heteroatoms. The molecule has 15 heavy (non-hydrogen) atoms. The lowest BCUT2D eigenvalue weighted by atomic mass is 10.3. The van der Waals surface area contributed by atoms with Gasteiger partial charge in [-0.2, -0.15) is 0 Å². The molecule has 0 bridgehead atoms. The van der Waals surface area contributed by atoms with Crippen molar-refractivity contribution in [3.05, 3.63) is 16.1 Å². The van der Waals surface area contributed by atoms with E-state index in [1.165, 1.54) is 18.9 Å². The van der Waals surface area contributed by atoms with Crippen molar-refractivity contribution in [3.63, 3.8) is 0 Å². The first-order valence-electron chi connectivity index (χ1n) is 3.91. The first-order chi connectivity index (χ1) is 7.08. The predicted octanol–water partition coefficient (Wildman–Crippen LogP) is 2.22. The van der Waals surface area contributed by atoms with Gasteiger partial charge in [-0.05, 0) is 17.9 Å². The summed E-state index contributed by atoms with van der Waals surface area (Å²) in [4.78, 5) is 19.5. The van der Waals surface area contributed by atoms with Crippen molar-refractivity contribution in [1.82, 2.24) is 9.97 Å². The van der Waals surface area contributed by atoms with Crippen LogP contribution in [0.2, 0.25) is 10.4 Å². The highest BCUT2D eigenvalue weighted by molar-refractivity contribution is 7.98. The summed E-state index contributed by atoms with van der Waals surface area (Å²) in [5, 5.41) is 0.276. The van der Waals surface area contributed by atoms with Crippen molar-refractivity contribution in [2.45, 2.75) is 11.3 Å². The van der Waals surface area contributed by atoms with Crippen LogP contribution in [0.4, 0.5) is 0 Å². The van der Waals surface area contributed by atoms with E-state index in [4.69, 9.17) is 23.2 Å². The maximum atomic E-state index is 11.1. The number of halogens is 2. The van der Waals surface area contributed by atoms with E-state index < -0.39 is 5.97 Å². The lowest BCUT2D eigenvalue weighted by molar-refractivity contribution is -0.139. The average molecular weight is 267 g/mol. The molecule has 0 aliphatic heterocycles. The van der Waals surface area contributed by atoms with Gasteiger partial charge in [-0.3, -0.25) is 4.79 Å². The molecule has 82 valence electrons. The van der Waals surface area contributed by atoms with Gasteiger partial charge in [0.15, 0.2) is 0 Å². The zero-order chi connectivity index (χ0) is 11.4. The van der Waals surface area contributed by atoms with Crippen LogP contribution in [0.15, 0.2) is 4.90 Å². The zero-order valence-electron chi connectivity index (χ0n) is 8.08. The maximum absolute atomic E-state index is 11.1. The summed E-state index contributed by atoms with van der Waals surface area (Å²) in [5.41, 5.74) is 0.486. The summed E-state index contributed by atoms with van der Waals surface area (Å²) in [6.07, 6.45) is 1.86. The molecule has 0 radical (unpaired) electrons. The van der Waals surface area contributed by atoms with Crippen molar-refractivity contribution < 1.29 is 9.53 Å². The largest absolute Gasteiger partial charge is 0.469 e. The Morgan fingerprint density at radius 1 is 1.47 bits per heavy atom. The molecule has 1 rings (SSSR count). The van der Waals surface area contributed by atoms with Crippen molar-refractivity contribution in [2.24, 2.45) is 0 Å². The first kappa shape index (κ1) is 12.5. The Kier molecular flexibility index (Phi) is 4.63. The minimum absolute atomic E-state index is 0.0247. The van der Waals surface area contributed by atoms with Crippen LogP contribution in [0.1, 0.15) is 5.69 Å². The van der Waals surface area contributed by atoms with Crippen LogP contribution in [0.25, 0.3) is 0 Å². The topological polar surface area (TPSA) is 52.1 Å². The van der Waals surface area contributed by atoms with E-state index in [2.05, 4.69) is 14.7 Å². The number of ether oxygens (including phenoxy) is 1. The van der Waals surface area contributed by atoms with Gasteiger partial charge in [0.25, 0.3) is 0 Å². The molecular weight excluding hydrogens is 259 g/mol. The van der Waals surface area contributed by atoms with Crippen LogP contribution in [0.3, 0.4) is 0 Å². The van der Waals surface area contributed by atoms with Gasteiger partial charge in [-0.1, -0.05) is 11.6 Å². The van der Waals surface area contributed by atoms with Gasteiger partial charge in [0.2, 0.25) is 5.28 Å². The predicted molar refractivity (Wildman–Crippen MR) is 59.6 cm³/mol. The summed E-state index contributed by atoms with van der Waals surface area (Å²) in [5.74, 6) is -0.392. The van der Waals surface area contributed by atoms with Crippen LogP contribution in [0.5, 0.6) is 0 Å². The summed E-state index contributed by atoms with van der Waals surface area (Å²) in [7, 11) is 1.31. The SMILES string of the molecule is COC(=O)Cc1nc(Cl)nc(Cl)c1SC. The third-order valence-electron chi connectivity index (χ3n) is 1.61. The molecule has 0 amide bonds. The van der Waals surface area contributed by atoms with Crippen LogP contribution < -0.4 is 0 Å². The van der Waals surface area contributed by atoms with Crippen LogP contribution in [-0.2, 0) is 16.0 Å². The number of aromatic nitrogens is 2. The normalized spacial score (nSPS) is 10.1. The van der Waals surface area contributed by atoms with E-state index in [1.54, 1.807) is 0 Å². The Labute approximate surface area is 101 Å². The number of hydrogen-bond donors (Lipinski definition) is 0. The second-order valence-electron chi connectivity index (χ2n) is 2.52. The van der Waals surface area contributed by atoms with Gasteiger partial charge in [0.05, 0.1) is 24.1 Å². The van der Waals surface area contributed by atoms with Crippen molar-refractivity contribution >= 4 is 40.9 Å². The fourth-order valence-corrected chi connectivity index (χ4v) is 2.19. The fourth-order valence-electron chi connectivity index (χ4n) is 0.969. The van der Waals surface area contributed by atoms with Crippen LogP contribution in [0, 0.1) is 0 Å². The molecule has 0 spiro atoms. The fraction of sp³-hybridized carbons (Fsp3) is 0.375. The highest BCUT2D eigenvalue weighted by atomic mass is 35.5. The Balaban J connectivity index is 3.09. The minimum atomic E-state index is -0.392. The van der Waals surface area contributed by atoms with E-state index in [0.29, 0.717) is 10.6 Å². The maximum Gasteiger partial charge on any atom is 0.311 e. The Morgan fingerprint density at radius 3 is 2.67 bits per heavy atom. The van der Waals surface area contributed by atoms with Gasteiger partial charge < -0.3 is 4.74 Å². The number of nitrogens with zero attached hydrogens (tertiary/aromatic N) is 2. The molecule has 0 unspecified atom stereocenters. The number of hydrogen-bond acceptors (Lipinski definition) is 5. The molecule has 1 aromatic rings. The molecule has 1 heterocycles. The average Bonchev–Trinajstić information content (AvgIpc) is 2.17. The molecule has 0 aliphatic carbocycles. The molecular formula is C8H8Cl2N2O2S. The second-order valence-corrected chi connectivity index (χ2v) is 4.03. The van der Waals surface area contributed by atoms with Gasteiger partial charge >= 0.3 is 5.97 Å². The summed E-state index contributed by atoms with van der Waals surface area (Å²) in [6, 6.07) is 0. The minimum Gasteiger partial charge on any atom is -0.469 e. The van der Waals surface area contributed by atoms with Gasteiger partial charge in [-0.25, -0.2) is 9.97 Å². The monoisotopic (exact) mass is 266 g/mol. The molecule has 0 fully saturated rings. The number of methoxy groups -OCH3 is 1. The zero-order valence-corrected chi connectivity index (χ0v) is 10.4. The molecule has 1 aromatic heterocycles. The highest BCUT2D eigenvalue weighted by Crippen LogP contribution is 2.27. The number of thioether (sulfide) groups is 1. The lowest BCUT2D eigenvalue weighted by Crippen LogP contribution is -2.08. The van der Waals surface area contributed by atoms with Crippen molar-refractivity contribution in [3.8, 4) is 0 Å². The smallest absolute Gasteiger partial charge is 0.311 e. The standard InChI is InChI=1S/C8H8Cl2N2O2S/c1-14-5(13)3-4-6(15-2)7(9)12-8(10)11-4/h3H2,1-2H3. The Bertz CT molecular complexity index is 387. The van der Waals surface area contributed by atoms with Crippen LogP contribution >= 0.6 is 35.0 Å². The molecule has 0 aromatic carbocycles. The molecule has 0 aliphatic rings. The molecule has 4 nitrogen and oxygen atoms in total. The van der Waals surface area contributed by atoms with Crippen molar-refractivity contribution in [1.29, 1.82) is 0 Å². The second kappa shape index (κ2) is 5.53. The summed E-state index contributed by atoms with van der Waals surface area (Å²) >= 11 is 12.9. The lowest BCUT2D eigenvalue weighted by Gasteiger charge is -2.06. The number of carbonyl (C=O) groups excluding carboxylic acids is 1. The number of esters is 1. The highest BCUT2D eigenvalue weighted by Gasteiger charge is 2.14. The van der Waals surface area contributed by atoms with E-state index in [1.807, 2.05) is 6.26 Å². The molecule has 0 N–H and O–H groups in total. The van der Waals surface area contributed by atoms with E-state index in [-0.39, 0.29) is 16.9 Å². The Hall–Kier alpha value is -0.520. The first-order valence-corrected chi connectivity index (χ1v) is 5.89. The van der Waals surface area contributed by atoms with E-state index >= 15 is 0 Å². The van der Waals surface area contributed by atoms with Crippen LogP contribution in [-0.4, -0.2) is 29.3 Å². The molecule has 0 atom stereocenters. The molecule has 0 saturated heterocycles. The van der Waals surface area contributed by atoms with Gasteiger partial charge in [-0.15, -0.1) is 11.8 Å². The number of carbonyl (C=O) groups is 1. The number of rotatable bonds is 3. The van der Waals surface area contributed by atoms with Crippen molar-refractivity contribution in [2.75, 3.05) is 13.4 Å². The third kappa shape index (κ3) is 3.22. The molecule has 0 saturated carbocycles. The van der Waals surface area contributed by atoms with Gasteiger partial charge in [0.1, 0.15) is 5.15 Å². The van der Waals surface area contributed by atoms with Gasteiger partial charge in [0, 0.05) is 0 Å².